The maximum atomic E-state index is 13.7. The highest BCUT2D eigenvalue weighted by Gasteiger charge is 2.33. The predicted molar refractivity (Wildman–Crippen MR) is 84.8 cm³/mol. The van der Waals surface area contributed by atoms with Gasteiger partial charge in [-0.2, -0.15) is 0 Å². The molecule has 6 nitrogen and oxygen atoms in total. The number of halogens is 1. The number of anilines is 1. The van der Waals surface area contributed by atoms with E-state index < -0.39 is 12.4 Å². The summed E-state index contributed by atoms with van der Waals surface area (Å²) in [6.07, 6.45) is -2.30. The number of likely N-dealkylation sites (tertiary alicyclic amines) is 1. The van der Waals surface area contributed by atoms with Crippen molar-refractivity contribution in [2.45, 2.75) is 25.2 Å². The fourth-order valence-electron chi connectivity index (χ4n) is 3.10. The highest BCUT2D eigenvalue weighted by molar-refractivity contribution is 5.65. The molecule has 2 aliphatic heterocycles. The Labute approximate surface area is 134 Å². The van der Waals surface area contributed by atoms with E-state index in [4.69, 9.17) is 9.84 Å². The molecule has 2 unspecified atom stereocenters. The van der Waals surface area contributed by atoms with Crippen molar-refractivity contribution in [2.75, 3.05) is 37.6 Å². The molecule has 2 atom stereocenters. The van der Waals surface area contributed by atoms with Crippen molar-refractivity contribution in [3.63, 3.8) is 0 Å². The van der Waals surface area contributed by atoms with E-state index in [1.54, 1.807) is 0 Å². The fourth-order valence-corrected chi connectivity index (χ4v) is 3.10. The number of hydrogen-bond donors (Lipinski definition) is 2. The second-order valence-electron chi connectivity index (χ2n) is 5.89. The molecule has 0 aliphatic carbocycles. The Morgan fingerprint density at radius 3 is 2.74 bits per heavy atom. The van der Waals surface area contributed by atoms with Gasteiger partial charge < -0.3 is 20.1 Å². The summed E-state index contributed by atoms with van der Waals surface area (Å²) in [5, 5.41) is 12.4. The molecule has 1 aromatic rings. The molecule has 0 bridgehead atoms. The number of piperidine rings is 1. The fraction of sp³-hybridized carbons (Fsp3) is 0.562. The zero-order valence-corrected chi connectivity index (χ0v) is 12.9. The van der Waals surface area contributed by atoms with Crippen molar-refractivity contribution in [3.05, 3.63) is 24.3 Å². The topological polar surface area (TPSA) is 65.0 Å². The molecule has 0 saturated carbocycles. The molecule has 2 aliphatic rings. The number of carbonyl (C=O) groups is 1. The lowest BCUT2D eigenvalue weighted by atomic mass is 10.1. The predicted octanol–water partition coefficient (Wildman–Crippen LogP) is 1.91. The highest BCUT2D eigenvalue weighted by atomic mass is 19.1. The first-order chi connectivity index (χ1) is 11.1. The molecule has 23 heavy (non-hydrogen) atoms. The van der Waals surface area contributed by atoms with E-state index in [1.165, 1.54) is 0 Å². The van der Waals surface area contributed by atoms with Crippen molar-refractivity contribution in [3.8, 4) is 5.75 Å². The zero-order valence-electron chi connectivity index (χ0n) is 12.9. The van der Waals surface area contributed by atoms with Crippen LogP contribution in [0.15, 0.2) is 24.3 Å². The van der Waals surface area contributed by atoms with Gasteiger partial charge >= 0.3 is 6.09 Å². The van der Waals surface area contributed by atoms with Crippen LogP contribution >= 0.6 is 0 Å². The summed E-state index contributed by atoms with van der Waals surface area (Å²) >= 11 is 0. The monoisotopic (exact) mass is 323 g/mol. The summed E-state index contributed by atoms with van der Waals surface area (Å²) in [5.74, 6) is 0.738. The number of carboxylic acid groups (broad SMARTS) is 1. The molecule has 0 aromatic heterocycles. The summed E-state index contributed by atoms with van der Waals surface area (Å²) in [7, 11) is 0. The van der Waals surface area contributed by atoms with Crippen LogP contribution in [0.1, 0.15) is 12.8 Å². The number of benzene rings is 1. The van der Waals surface area contributed by atoms with Gasteiger partial charge in [0.05, 0.1) is 12.2 Å². The molecular formula is C16H22FN3O3. The first-order valence-electron chi connectivity index (χ1n) is 8.00. The van der Waals surface area contributed by atoms with E-state index in [0.717, 1.165) is 42.5 Å². The SMILES string of the molecule is O=C(O)N1CC(Oc2ccccc2N2CCNCC2)CCC1F. The van der Waals surface area contributed by atoms with Crippen molar-refractivity contribution in [2.24, 2.45) is 0 Å². The number of para-hydroxylation sites is 2. The highest BCUT2D eigenvalue weighted by Crippen LogP contribution is 2.31. The number of piperazine rings is 1. The Kier molecular flexibility index (Phi) is 4.85. The number of amides is 1. The molecule has 1 aromatic carbocycles. The number of rotatable bonds is 3. The van der Waals surface area contributed by atoms with Gasteiger partial charge in [-0.15, -0.1) is 0 Å². The summed E-state index contributed by atoms with van der Waals surface area (Å²) in [4.78, 5) is 14.2. The van der Waals surface area contributed by atoms with Crippen LogP contribution < -0.4 is 15.0 Å². The lowest BCUT2D eigenvalue weighted by Crippen LogP contribution is -2.48. The van der Waals surface area contributed by atoms with E-state index in [1.807, 2.05) is 24.3 Å². The largest absolute Gasteiger partial charge is 0.486 e. The van der Waals surface area contributed by atoms with Gasteiger partial charge in [-0.25, -0.2) is 9.18 Å². The lowest BCUT2D eigenvalue weighted by molar-refractivity contribution is 0.000657. The molecule has 126 valence electrons. The van der Waals surface area contributed by atoms with E-state index >= 15 is 0 Å². The van der Waals surface area contributed by atoms with Gasteiger partial charge in [0.2, 0.25) is 0 Å². The maximum absolute atomic E-state index is 13.7. The summed E-state index contributed by atoms with van der Waals surface area (Å²) in [6, 6.07) is 7.77. The smallest absolute Gasteiger partial charge is 0.409 e. The Morgan fingerprint density at radius 1 is 1.26 bits per heavy atom. The van der Waals surface area contributed by atoms with Crippen LogP contribution in [0.5, 0.6) is 5.75 Å². The molecule has 2 fully saturated rings. The third kappa shape index (κ3) is 3.67. The molecule has 2 N–H and O–H groups in total. The summed E-state index contributed by atoms with van der Waals surface area (Å²) < 4.78 is 19.7. The molecule has 7 heteroatoms. The summed E-state index contributed by atoms with van der Waals surface area (Å²) in [5.41, 5.74) is 1.01. The number of ether oxygens (including phenoxy) is 1. The van der Waals surface area contributed by atoms with Crippen molar-refractivity contribution in [1.29, 1.82) is 0 Å². The van der Waals surface area contributed by atoms with Crippen molar-refractivity contribution in [1.82, 2.24) is 10.2 Å². The van der Waals surface area contributed by atoms with Crippen molar-refractivity contribution >= 4 is 11.8 Å². The normalized spacial score (nSPS) is 25.3. The minimum absolute atomic E-state index is 0.0619. The standard InChI is InChI=1S/C16H22FN3O3/c17-15-6-5-12(11-20(15)16(21)22)23-14-4-2-1-3-13(14)19-9-7-18-8-10-19/h1-4,12,15,18H,5-11H2,(H,21,22). The zero-order chi connectivity index (χ0) is 16.2. The second-order valence-corrected chi connectivity index (χ2v) is 5.89. The molecular weight excluding hydrogens is 301 g/mol. The number of hydrogen-bond acceptors (Lipinski definition) is 4. The molecule has 3 rings (SSSR count). The van der Waals surface area contributed by atoms with Crippen LogP contribution in [0.2, 0.25) is 0 Å². The summed E-state index contributed by atoms with van der Waals surface area (Å²) in [6.45, 7) is 3.71. The third-order valence-corrected chi connectivity index (χ3v) is 4.33. The van der Waals surface area contributed by atoms with Crippen LogP contribution in [0.25, 0.3) is 0 Å². The lowest BCUT2D eigenvalue weighted by Gasteiger charge is -2.35. The van der Waals surface area contributed by atoms with Crippen LogP contribution in [-0.4, -0.2) is 61.2 Å². The first-order valence-corrected chi connectivity index (χ1v) is 8.00. The Hall–Kier alpha value is -2.02. The van der Waals surface area contributed by atoms with Gasteiger partial charge in [0.15, 0.2) is 6.30 Å². The average molecular weight is 323 g/mol. The average Bonchev–Trinajstić information content (AvgIpc) is 2.57. The van der Waals surface area contributed by atoms with Gasteiger partial charge in [-0.3, -0.25) is 4.90 Å². The Bertz CT molecular complexity index is 551. The van der Waals surface area contributed by atoms with Crippen molar-refractivity contribution < 1.29 is 19.0 Å². The number of nitrogens with one attached hydrogen (secondary N) is 1. The molecule has 2 heterocycles. The van der Waals surface area contributed by atoms with E-state index in [2.05, 4.69) is 10.2 Å². The second kappa shape index (κ2) is 7.04. The van der Waals surface area contributed by atoms with E-state index in [0.29, 0.717) is 6.42 Å². The minimum atomic E-state index is -1.43. The van der Waals surface area contributed by atoms with Crippen LogP contribution in [-0.2, 0) is 0 Å². The van der Waals surface area contributed by atoms with Crippen LogP contribution in [0.4, 0.5) is 14.9 Å². The molecule has 0 spiro atoms. The van der Waals surface area contributed by atoms with Crippen LogP contribution in [0.3, 0.4) is 0 Å². The molecule has 1 amide bonds. The maximum Gasteiger partial charge on any atom is 0.409 e. The quantitative estimate of drug-likeness (QED) is 0.832. The van der Waals surface area contributed by atoms with Gasteiger partial charge in [-0.05, 0) is 18.6 Å². The third-order valence-electron chi connectivity index (χ3n) is 4.33. The van der Waals surface area contributed by atoms with Crippen LogP contribution in [0, 0.1) is 0 Å². The van der Waals surface area contributed by atoms with Gasteiger partial charge in [-0.1, -0.05) is 12.1 Å². The minimum Gasteiger partial charge on any atom is -0.486 e. The molecule has 2 saturated heterocycles. The number of alkyl halides is 1. The van der Waals surface area contributed by atoms with E-state index in [9.17, 15) is 9.18 Å². The van der Waals surface area contributed by atoms with E-state index in [-0.39, 0.29) is 19.1 Å². The molecule has 0 radical (unpaired) electrons. The van der Waals surface area contributed by atoms with Gasteiger partial charge in [0, 0.05) is 32.6 Å². The van der Waals surface area contributed by atoms with Gasteiger partial charge in [0.1, 0.15) is 11.9 Å². The van der Waals surface area contributed by atoms with Gasteiger partial charge in [0.25, 0.3) is 0 Å². The Balaban J connectivity index is 1.71. The number of nitrogens with zero attached hydrogens (tertiary/aromatic N) is 2. The first kappa shape index (κ1) is 15.9. The Morgan fingerprint density at radius 2 is 2.00 bits per heavy atom.